The summed E-state index contributed by atoms with van der Waals surface area (Å²) in [5.74, 6) is -0.579. The predicted molar refractivity (Wildman–Crippen MR) is 91.3 cm³/mol. The number of hydrogen-bond donors (Lipinski definition) is 2. The van der Waals surface area contributed by atoms with E-state index in [0.717, 1.165) is 16.7 Å². The van der Waals surface area contributed by atoms with Gasteiger partial charge in [0.1, 0.15) is 0 Å². The molecule has 0 unspecified atom stereocenters. The third-order valence-electron chi connectivity index (χ3n) is 3.31. The van der Waals surface area contributed by atoms with Crippen LogP contribution in [0, 0.1) is 6.92 Å². The lowest BCUT2D eigenvalue weighted by atomic mass is 10.1. The zero-order valence-electron chi connectivity index (χ0n) is 13.1. The third-order valence-corrected chi connectivity index (χ3v) is 3.31. The Hall–Kier alpha value is -2.88. The van der Waals surface area contributed by atoms with E-state index in [1.807, 2.05) is 61.5 Å². The predicted octanol–water partition coefficient (Wildman–Crippen LogP) is 2.79. The van der Waals surface area contributed by atoms with Crippen LogP contribution >= 0.6 is 0 Å². The molecule has 2 aromatic carbocycles. The SMILES string of the molecule is Cc1ccc(/C=C/C(=O)NNC(=O)CCc2ccccc2)cc1. The minimum atomic E-state index is -0.362. The number of carbonyl (C=O) groups excluding carboxylic acids is 2. The molecular formula is C19H20N2O2. The number of hydrazine groups is 1. The molecule has 0 spiro atoms. The highest BCUT2D eigenvalue weighted by atomic mass is 16.2. The Morgan fingerprint density at radius 2 is 1.65 bits per heavy atom. The van der Waals surface area contributed by atoms with Crippen molar-refractivity contribution in [2.45, 2.75) is 19.8 Å². The molecule has 0 atom stereocenters. The number of carbonyl (C=O) groups is 2. The lowest BCUT2D eigenvalue weighted by Gasteiger charge is -2.05. The minimum absolute atomic E-state index is 0.217. The van der Waals surface area contributed by atoms with Crippen LogP contribution in [0.4, 0.5) is 0 Å². The summed E-state index contributed by atoms with van der Waals surface area (Å²) in [4.78, 5) is 23.3. The van der Waals surface area contributed by atoms with Gasteiger partial charge in [-0.3, -0.25) is 20.4 Å². The second-order valence-corrected chi connectivity index (χ2v) is 5.27. The summed E-state index contributed by atoms with van der Waals surface area (Å²) in [5.41, 5.74) is 7.97. The first-order valence-electron chi connectivity index (χ1n) is 7.51. The molecule has 0 aliphatic carbocycles. The summed E-state index contributed by atoms with van der Waals surface area (Å²) < 4.78 is 0. The van der Waals surface area contributed by atoms with Gasteiger partial charge in [-0.15, -0.1) is 0 Å². The highest BCUT2D eigenvalue weighted by molar-refractivity contribution is 5.93. The fourth-order valence-corrected chi connectivity index (χ4v) is 1.99. The number of amides is 2. The smallest absolute Gasteiger partial charge is 0.262 e. The molecule has 0 aliphatic rings. The van der Waals surface area contributed by atoms with Crippen LogP contribution in [-0.4, -0.2) is 11.8 Å². The van der Waals surface area contributed by atoms with Crippen molar-refractivity contribution >= 4 is 17.9 Å². The fourth-order valence-electron chi connectivity index (χ4n) is 1.99. The molecular weight excluding hydrogens is 288 g/mol. The van der Waals surface area contributed by atoms with Crippen LogP contribution in [0.5, 0.6) is 0 Å². The van der Waals surface area contributed by atoms with Crippen molar-refractivity contribution in [2.24, 2.45) is 0 Å². The van der Waals surface area contributed by atoms with Gasteiger partial charge in [0.15, 0.2) is 0 Å². The Morgan fingerprint density at radius 3 is 2.35 bits per heavy atom. The van der Waals surface area contributed by atoms with Gasteiger partial charge in [-0.05, 0) is 30.5 Å². The third kappa shape index (κ3) is 6.18. The molecule has 23 heavy (non-hydrogen) atoms. The Balaban J connectivity index is 1.71. The molecule has 0 radical (unpaired) electrons. The summed E-state index contributed by atoms with van der Waals surface area (Å²) >= 11 is 0. The second-order valence-electron chi connectivity index (χ2n) is 5.27. The van der Waals surface area contributed by atoms with Gasteiger partial charge < -0.3 is 0 Å². The van der Waals surface area contributed by atoms with Gasteiger partial charge in [-0.2, -0.15) is 0 Å². The Kier molecular flexibility index (Phi) is 6.12. The van der Waals surface area contributed by atoms with E-state index in [4.69, 9.17) is 0 Å². The molecule has 0 aromatic heterocycles. The summed E-state index contributed by atoms with van der Waals surface area (Å²) in [6.45, 7) is 2.01. The van der Waals surface area contributed by atoms with Crippen molar-refractivity contribution in [3.8, 4) is 0 Å². The molecule has 0 bridgehead atoms. The van der Waals surface area contributed by atoms with E-state index in [9.17, 15) is 9.59 Å². The number of nitrogens with one attached hydrogen (secondary N) is 2. The van der Waals surface area contributed by atoms with Crippen LogP contribution < -0.4 is 10.9 Å². The first-order chi connectivity index (χ1) is 11.1. The lowest BCUT2D eigenvalue weighted by Crippen LogP contribution is -2.40. The molecule has 0 fully saturated rings. The van der Waals surface area contributed by atoms with Crippen molar-refractivity contribution in [1.82, 2.24) is 10.9 Å². The molecule has 118 valence electrons. The van der Waals surface area contributed by atoms with E-state index in [1.54, 1.807) is 6.08 Å². The molecule has 2 rings (SSSR count). The molecule has 0 aliphatic heterocycles. The van der Waals surface area contributed by atoms with Gasteiger partial charge in [-0.25, -0.2) is 0 Å². The van der Waals surface area contributed by atoms with Crippen LogP contribution in [0.3, 0.4) is 0 Å². The fraction of sp³-hybridized carbons (Fsp3) is 0.158. The highest BCUT2D eigenvalue weighted by Gasteiger charge is 2.03. The van der Waals surface area contributed by atoms with E-state index < -0.39 is 0 Å². The molecule has 4 nitrogen and oxygen atoms in total. The van der Waals surface area contributed by atoms with E-state index in [0.29, 0.717) is 12.8 Å². The quantitative estimate of drug-likeness (QED) is 0.659. The van der Waals surface area contributed by atoms with Crippen molar-refractivity contribution in [1.29, 1.82) is 0 Å². The largest absolute Gasteiger partial charge is 0.273 e. The van der Waals surface area contributed by atoms with E-state index in [2.05, 4.69) is 10.9 Å². The maximum absolute atomic E-state index is 11.7. The van der Waals surface area contributed by atoms with Crippen LogP contribution in [0.2, 0.25) is 0 Å². The van der Waals surface area contributed by atoms with Gasteiger partial charge in [0.25, 0.3) is 5.91 Å². The highest BCUT2D eigenvalue weighted by Crippen LogP contribution is 2.04. The van der Waals surface area contributed by atoms with Gasteiger partial charge in [-0.1, -0.05) is 60.2 Å². The van der Waals surface area contributed by atoms with Crippen molar-refractivity contribution in [2.75, 3.05) is 0 Å². The molecule has 2 aromatic rings. The molecule has 2 amide bonds. The van der Waals surface area contributed by atoms with Crippen LogP contribution in [-0.2, 0) is 16.0 Å². The molecule has 4 heteroatoms. The lowest BCUT2D eigenvalue weighted by molar-refractivity contribution is -0.126. The zero-order valence-corrected chi connectivity index (χ0v) is 13.1. The zero-order chi connectivity index (χ0) is 16.5. The van der Waals surface area contributed by atoms with E-state index in [-0.39, 0.29) is 11.8 Å². The average molecular weight is 308 g/mol. The van der Waals surface area contributed by atoms with Crippen LogP contribution in [0.25, 0.3) is 6.08 Å². The van der Waals surface area contributed by atoms with E-state index in [1.165, 1.54) is 6.08 Å². The molecule has 0 heterocycles. The average Bonchev–Trinajstić information content (AvgIpc) is 2.58. The standard InChI is InChI=1S/C19H20N2O2/c1-15-7-9-17(10-8-15)12-14-19(23)21-20-18(22)13-11-16-5-3-2-4-6-16/h2-10,12,14H,11,13H2,1H3,(H,20,22)(H,21,23)/b14-12+. The number of rotatable bonds is 5. The molecule has 2 N–H and O–H groups in total. The van der Waals surface area contributed by atoms with Crippen molar-refractivity contribution in [3.63, 3.8) is 0 Å². The van der Waals surface area contributed by atoms with Gasteiger partial charge >= 0.3 is 0 Å². The van der Waals surface area contributed by atoms with Crippen molar-refractivity contribution < 1.29 is 9.59 Å². The Bertz CT molecular complexity index is 676. The monoisotopic (exact) mass is 308 g/mol. The first-order valence-corrected chi connectivity index (χ1v) is 7.51. The van der Waals surface area contributed by atoms with Crippen molar-refractivity contribution in [3.05, 3.63) is 77.4 Å². The topological polar surface area (TPSA) is 58.2 Å². The number of aryl methyl sites for hydroxylation is 2. The Labute approximate surface area is 136 Å². The maximum Gasteiger partial charge on any atom is 0.262 e. The van der Waals surface area contributed by atoms with E-state index >= 15 is 0 Å². The summed E-state index contributed by atoms with van der Waals surface area (Å²) in [6, 6.07) is 17.5. The van der Waals surface area contributed by atoms with Crippen LogP contribution in [0.15, 0.2) is 60.7 Å². The Morgan fingerprint density at radius 1 is 0.957 bits per heavy atom. The van der Waals surface area contributed by atoms with Gasteiger partial charge in [0, 0.05) is 12.5 Å². The molecule has 0 saturated carbocycles. The number of hydrogen-bond acceptors (Lipinski definition) is 2. The normalized spacial score (nSPS) is 10.5. The maximum atomic E-state index is 11.7. The second kappa shape index (κ2) is 8.54. The van der Waals surface area contributed by atoms with Gasteiger partial charge in [0.2, 0.25) is 5.91 Å². The van der Waals surface area contributed by atoms with Crippen LogP contribution in [0.1, 0.15) is 23.1 Å². The minimum Gasteiger partial charge on any atom is -0.273 e. The molecule has 0 saturated heterocycles. The van der Waals surface area contributed by atoms with Gasteiger partial charge in [0.05, 0.1) is 0 Å². The summed E-state index contributed by atoms with van der Waals surface area (Å²) in [7, 11) is 0. The first kappa shape index (κ1) is 16.5. The number of benzene rings is 2. The summed E-state index contributed by atoms with van der Waals surface area (Å²) in [5, 5.41) is 0. The summed E-state index contributed by atoms with van der Waals surface area (Å²) in [6.07, 6.45) is 4.06.